The van der Waals surface area contributed by atoms with Gasteiger partial charge in [0.2, 0.25) is 0 Å². The summed E-state index contributed by atoms with van der Waals surface area (Å²) in [4.78, 5) is 0. The summed E-state index contributed by atoms with van der Waals surface area (Å²) in [5.41, 5.74) is 6.88. The van der Waals surface area contributed by atoms with Crippen LogP contribution in [0.5, 0.6) is 0 Å². The van der Waals surface area contributed by atoms with Gasteiger partial charge in [0.15, 0.2) is 0 Å². The second-order valence-electron chi connectivity index (χ2n) is 6.22. The van der Waals surface area contributed by atoms with Crippen LogP contribution >= 0.6 is 0 Å². The van der Waals surface area contributed by atoms with Gasteiger partial charge in [-0.1, -0.05) is 33.1 Å². The molecule has 0 bridgehead atoms. The molecule has 0 radical (unpaired) electrons. The van der Waals surface area contributed by atoms with E-state index in [4.69, 9.17) is 5.73 Å². The first-order chi connectivity index (χ1) is 7.14. The second kappa shape index (κ2) is 4.45. The molecule has 2 saturated carbocycles. The second-order valence-corrected chi connectivity index (χ2v) is 6.22. The Morgan fingerprint density at radius 2 is 2.07 bits per heavy atom. The van der Waals surface area contributed by atoms with Crippen molar-refractivity contribution >= 4 is 0 Å². The van der Waals surface area contributed by atoms with Crippen LogP contribution in [0.1, 0.15) is 65.2 Å². The summed E-state index contributed by atoms with van der Waals surface area (Å²) in [6.07, 6.45) is 11.0. The fourth-order valence-corrected chi connectivity index (χ4v) is 3.89. The Labute approximate surface area is 94.8 Å². The van der Waals surface area contributed by atoms with Crippen LogP contribution < -0.4 is 5.73 Å². The third kappa shape index (κ3) is 2.38. The van der Waals surface area contributed by atoms with E-state index in [0.717, 1.165) is 17.8 Å². The van der Waals surface area contributed by atoms with Crippen LogP contribution in [0.15, 0.2) is 0 Å². The van der Waals surface area contributed by atoms with Gasteiger partial charge in [0.05, 0.1) is 0 Å². The lowest BCUT2D eigenvalue weighted by Gasteiger charge is -2.39. The molecule has 1 heteroatoms. The summed E-state index contributed by atoms with van der Waals surface area (Å²) < 4.78 is 0. The maximum absolute atomic E-state index is 6.66. The highest BCUT2D eigenvalue weighted by Gasteiger charge is 2.42. The predicted octanol–water partition coefficient (Wildman–Crippen LogP) is 3.72. The lowest BCUT2D eigenvalue weighted by Crippen LogP contribution is -2.46. The molecule has 2 rings (SSSR count). The fraction of sp³-hybridized carbons (Fsp3) is 1.00. The van der Waals surface area contributed by atoms with Crippen molar-refractivity contribution in [3.63, 3.8) is 0 Å². The van der Waals surface area contributed by atoms with E-state index in [1.54, 1.807) is 0 Å². The zero-order valence-corrected chi connectivity index (χ0v) is 10.5. The first kappa shape index (κ1) is 11.4. The predicted molar refractivity (Wildman–Crippen MR) is 65.7 cm³/mol. The molecule has 88 valence electrons. The average molecular weight is 209 g/mol. The zero-order chi connectivity index (χ0) is 10.9. The van der Waals surface area contributed by atoms with Crippen molar-refractivity contribution in [3.8, 4) is 0 Å². The highest BCUT2D eigenvalue weighted by Crippen LogP contribution is 2.45. The van der Waals surface area contributed by atoms with Crippen LogP contribution in [0.25, 0.3) is 0 Å². The molecule has 0 heterocycles. The average Bonchev–Trinajstić information content (AvgIpc) is 2.62. The van der Waals surface area contributed by atoms with Gasteiger partial charge in [-0.2, -0.15) is 0 Å². The molecule has 0 aromatic rings. The molecule has 2 aliphatic carbocycles. The van der Waals surface area contributed by atoms with Gasteiger partial charge < -0.3 is 5.73 Å². The third-order valence-corrected chi connectivity index (χ3v) is 5.01. The highest BCUT2D eigenvalue weighted by atomic mass is 14.8. The molecule has 15 heavy (non-hydrogen) atoms. The van der Waals surface area contributed by atoms with Crippen molar-refractivity contribution in [2.75, 3.05) is 0 Å². The Bertz CT molecular complexity index is 213. The van der Waals surface area contributed by atoms with Crippen LogP contribution in [0, 0.1) is 17.8 Å². The topological polar surface area (TPSA) is 26.0 Å². The lowest BCUT2D eigenvalue weighted by atomic mass is 9.71. The molecule has 0 aromatic heterocycles. The SMILES string of the molecule is CCC1CCC(N)(C2CCCC(C)C2)C1. The standard InChI is InChI=1S/C14H27N/c1-3-12-7-8-14(15,10-12)13-6-4-5-11(2)9-13/h11-13H,3-10,15H2,1-2H3. The highest BCUT2D eigenvalue weighted by molar-refractivity contribution is 4.99. The van der Waals surface area contributed by atoms with E-state index in [9.17, 15) is 0 Å². The van der Waals surface area contributed by atoms with E-state index in [2.05, 4.69) is 13.8 Å². The van der Waals surface area contributed by atoms with Crippen LogP contribution in [0.2, 0.25) is 0 Å². The normalized spacial score (nSPS) is 47.0. The zero-order valence-electron chi connectivity index (χ0n) is 10.5. The van der Waals surface area contributed by atoms with Crippen molar-refractivity contribution < 1.29 is 0 Å². The van der Waals surface area contributed by atoms with Gasteiger partial charge >= 0.3 is 0 Å². The van der Waals surface area contributed by atoms with Gasteiger partial charge in [0, 0.05) is 5.54 Å². The summed E-state index contributed by atoms with van der Waals surface area (Å²) in [6, 6.07) is 0. The third-order valence-electron chi connectivity index (χ3n) is 5.01. The fourth-order valence-electron chi connectivity index (χ4n) is 3.89. The minimum absolute atomic E-state index is 0.218. The van der Waals surface area contributed by atoms with E-state index in [0.29, 0.717) is 0 Å². The van der Waals surface area contributed by atoms with E-state index >= 15 is 0 Å². The Morgan fingerprint density at radius 1 is 1.27 bits per heavy atom. The van der Waals surface area contributed by atoms with Crippen LogP contribution in [-0.4, -0.2) is 5.54 Å². The van der Waals surface area contributed by atoms with Gasteiger partial charge in [-0.15, -0.1) is 0 Å². The monoisotopic (exact) mass is 209 g/mol. The molecule has 0 amide bonds. The lowest BCUT2D eigenvalue weighted by molar-refractivity contribution is 0.170. The van der Waals surface area contributed by atoms with Gasteiger partial charge in [-0.25, -0.2) is 0 Å². The first-order valence-corrected chi connectivity index (χ1v) is 6.93. The Morgan fingerprint density at radius 3 is 2.67 bits per heavy atom. The molecule has 0 saturated heterocycles. The largest absolute Gasteiger partial charge is 0.325 e. The van der Waals surface area contributed by atoms with Crippen molar-refractivity contribution in [1.29, 1.82) is 0 Å². The Balaban J connectivity index is 1.96. The molecular formula is C14H27N. The van der Waals surface area contributed by atoms with Crippen LogP contribution in [0.4, 0.5) is 0 Å². The summed E-state index contributed by atoms with van der Waals surface area (Å²) in [7, 11) is 0. The van der Waals surface area contributed by atoms with Crippen LogP contribution in [0.3, 0.4) is 0 Å². The number of rotatable bonds is 2. The Hall–Kier alpha value is -0.0400. The van der Waals surface area contributed by atoms with E-state index in [1.165, 1.54) is 51.4 Å². The minimum Gasteiger partial charge on any atom is -0.325 e. The van der Waals surface area contributed by atoms with Gasteiger partial charge in [0.1, 0.15) is 0 Å². The molecular weight excluding hydrogens is 182 g/mol. The summed E-state index contributed by atoms with van der Waals surface area (Å²) in [6.45, 7) is 4.72. The molecule has 2 fully saturated rings. The molecule has 4 atom stereocenters. The van der Waals surface area contributed by atoms with Gasteiger partial charge in [-0.3, -0.25) is 0 Å². The first-order valence-electron chi connectivity index (χ1n) is 6.93. The maximum atomic E-state index is 6.66. The molecule has 0 spiro atoms. The number of hydrogen-bond donors (Lipinski definition) is 1. The maximum Gasteiger partial charge on any atom is 0.0185 e. The molecule has 1 nitrogen and oxygen atoms in total. The quantitative estimate of drug-likeness (QED) is 0.737. The Kier molecular flexibility index (Phi) is 3.39. The van der Waals surface area contributed by atoms with E-state index in [-0.39, 0.29) is 5.54 Å². The summed E-state index contributed by atoms with van der Waals surface area (Å²) in [5.74, 6) is 2.68. The molecule has 2 N–H and O–H groups in total. The van der Waals surface area contributed by atoms with Crippen molar-refractivity contribution in [3.05, 3.63) is 0 Å². The van der Waals surface area contributed by atoms with Gasteiger partial charge in [-0.05, 0) is 49.9 Å². The molecule has 0 aliphatic heterocycles. The smallest absolute Gasteiger partial charge is 0.0185 e. The van der Waals surface area contributed by atoms with E-state index in [1.807, 2.05) is 0 Å². The van der Waals surface area contributed by atoms with Crippen molar-refractivity contribution in [1.82, 2.24) is 0 Å². The summed E-state index contributed by atoms with van der Waals surface area (Å²) in [5, 5.41) is 0. The number of nitrogens with two attached hydrogens (primary N) is 1. The number of hydrogen-bond acceptors (Lipinski definition) is 1. The van der Waals surface area contributed by atoms with Crippen LogP contribution in [-0.2, 0) is 0 Å². The summed E-state index contributed by atoms with van der Waals surface area (Å²) >= 11 is 0. The minimum atomic E-state index is 0.218. The molecule has 0 aromatic carbocycles. The van der Waals surface area contributed by atoms with Crippen molar-refractivity contribution in [2.45, 2.75) is 70.8 Å². The van der Waals surface area contributed by atoms with E-state index < -0.39 is 0 Å². The molecule has 4 unspecified atom stereocenters. The molecule has 2 aliphatic rings. The van der Waals surface area contributed by atoms with Crippen molar-refractivity contribution in [2.24, 2.45) is 23.5 Å². The van der Waals surface area contributed by atoms with Gasteiger partial charge in [0.25, 0.3) is 0 Å².